The molecule has 1 aromatic heterocycles. The standard InChI is InChI=1S/C16H20FNO3S/c1-3-5-10(19)8-18-16(20)15-11(9-21-2)14-12(17)6-4-7-13(14)22-15/h4,6-7,10,19H,3,5,8-9H2,1-2H3,(H,18,20). The molecule has 0 aliphatic heterocycles. The number of nitrogens with one attached hydrogen (secondary N) is 1. The Kier molecular flexibility index (Phi) is 5.88. The molecular weight excluding hydrogens is 305 g/mol. The molecule has 0 saturated carbocycles. The van der Waals surface area contributed by atoms with Gasteiger partial charge >= 0.3 is 0 Å². The Balaban J connectivity index is 2.28. The molecule has 0 radical (unpaired) electrons. The Hall–Kier alpha value is -1.50. The molecule has 2 aromatic rings. The fraction of sp³-hybridized carbons (Fsp3) is 0.438. The third kappa shape index (κ3) is 3.63. The molecule has 0 spiro atoms. The summed E-state index contributed by atoms with van der Waals surface area (Å²) in [5, 5.41) is 12.9. The number of aliphatic hydroxyl groups is 1. The number of carbonyl (C=O) groups is 1. The number of thiophene rings is 1. The number of fused-ring (bicyclic) bond motifs is 1. The molecule has 2 rings (SSSR count). The highest BCUT2D eigenvalue weighted by Gasteiger charge is 2.20. The monoisotopic (exact) mass is 325 g/mol. The average molecular weight is 325 g/mol. The number of hydrogen-bond acceptors (Lipinski definition) is 4. The predicted molar refractivity (Wildman–Crippen MR) is 85.7 cm³/mol. The van der Waals surface area contributed by atoms with Crippen molar-refractivity contribution in [3.8, 4) is 0 Å². The highest BCUT2D eigenvalue weighted by atomic mass is 32.1. The van der Waals surface area contributed by atoms with Crippen molar-refractivity contribution >= 4 is 27.3 Å². The van der Waals surface area contributed by atoms with Gasteiger partial charge in [-0.15, -0.1) is 11.3 Å². The molecule has 1 atom stereocenters. The summed E-state index contributed by atoms with van der Waals surface area (Å²) in [6.07, 6.45) is 0.915. The number of halogens is 1. The SMILES string of the molecule is CCCC(O)CNC(=O)c1sc2cccc(F)c2c1COC. The summed E-state index contributed by atoms with van der Waals surface area (Å²) in [5.41, 5.74) is 0.558. The molecule has 1 heterocycles. The van der Waals surface area contributed by atoms with E-state index in [4.69, 9.17) is 4.74 Å². The minimum absolute atomic E-state index is 0.168. The van der Waals surface area contributed by atoms with Gasteiger partial charge in [-0.25, -0.2) is 4.39 Å². The van der Waals surface area contributed by atoms with E-state index in [-0.39, 0.29) is 24.9 Å². The second-order valence-corrected chi connectivity index (χ2v) is 6.16. The second kappa shape index (κ2) is 7.67. The van der Waals surface area contributed by atoms with E-state index in [9.17, 15) is 14.3 Å². The normalized spacial score (nSPS) is 12.5. The van der Waals surface area contributed by atoms with Crippen molar-refractivity contribution in [3.63, 3.8) is 0 Å². The van der Waals surface area contributed by atoms with Crippen molar-refractivity contribution in [2.24, 2.45) is 0 Å². The van der Waals surface area contributed by atoms with E-state index in [2.05, 4.69) is 5.32 Å². The zero-order chi connectivity index (χ0) is 16.1. The van der Waals surface area contributed by atoms with E-state index in [1.165, 1.54) is 24.5 Å². The van der Waals surface area contributed by atoms with Crippen LogP contribution < -0.4 is 5.32 Å². The van der Waals surface area contributed by atoms with Crippen LogP contribution in [0.15, 0.2) is 18.2 Å². The Bertz CT molecular complexity index is 656. The van der Waals surface area contributed by atoms with Gasteiger partial charge in [0.15, 0.2) is 0 Å². The van der Waals surface area contributed by atoms with Crippen LogP contribution in [0, 0.1) is 5.82 Å². The van der Waals surface area contributed by atoms with Crippen LogP contribution in [0.1, 0.15) is 35.0 Å². The van der Waals surface area contributed by atoms with Crippen LogP contribution in [0.5, 0.6) is 0 Å². The Morgan fingerprint density at radius 3 is 2.95 bits per heavy atom. The Labute approximate surface area is 132 Å². The fourth-order valence-corrected chi connectivity index (χ4v) is 3.50. The van der Waals surface area contributed by atoms with E-state index in [0.717, 1.165) is 6.42 Å². The molecule has 1 unspecified atom stereocenters. The number of methoxy groups -OCH3 is 1. The number of rotatable bonds is 7. The molecule has 0 bridgehead atoms. The van der Waals surface area contributed by atoms with Gasteiger partial charge in [-0.1, -0.05) is 19.4 Å². The van der Waals surface area contributed by atoms with Crippen LogP contribution >= 0.6 is 11.3 Å². The largest absolute Gasteiger partial charge is 0.391 e. The van der Waals surface area contributed by atoms with Gasteiger partial charge in [-0.05, 0) is 18.6 Å². The van der Waals surface area contributed by atoms with Crippen molar-refractivity contribution in [1.82, 2.24) is 5.32 Å². The van der Waals surface area contributed by atoms with Gasteiger partial charge < -0.3 is 15.2 Å². The molecule has 2 N–H and O–H groups in total. The van der Waals surface area contributed by atoms with E-state index in [1.54, 1.807) is 12.1 Å². The van der Waals surface area contributed by atoms with Gasteiger partial charge in [-0.2, -0.15) is 0 Å². The van der Waals surface area contributed by atoms with Gasteiger partial charge in [0.2, 0.25) is 0 Å². The minimum Gasteiger partial charge on any atom is -0.391 e. The van der Waals surface area contributed by atoms with Crippen LogP contribution in [-0.2, 0) is 11.3 Å². The Morgan fingerprint density at radius 2 is 2.27 bits per heavy atom. The summed E-state index contributed by atoms with van der Waals surface area (Å²) < 4.78 is 19.9. The van der Waals surface area contributed by atoms with Crippen LogP contribution in [-0.4, -0.2) is 30.8 Å². The average Bonchev–Trinajstić information content (AvgIpc) is 2.86. The highest BCUT2D eigenvalue weighted by Crippen LogP contribution is 2.33. The lowest BCUT2D eigenvalue weighted by Gasteiger charge is -2.11. The molecule has 6 heteroatoms. The highest BCUT2D eigenvalue weighted by molar-refractivity contribution is 7.21. The van der Waals surface area contributed by atoms with Gasteiger partial charge in [0, 0.05) is 29.3 Å². The summed E-state index contributed by atoms with van der Waals surface area (Å²) in [6, 6.07) is 4.78. The summed E-state index contributed by atoms with van der Waals surface area (Å²) >= 11 is 1.24. The topological polar surface area (TPSA) is 58.6 Å². The third-order valence-electron chi connectivity index (χ3n) is 3.38. The quantitative estimate of drug-likeness (QED) is 0.822. The number of hydrogen-bond donors (Lipinski definition) is 2. The van der Waals surface area contributed by atoms with Crippen LogP contribution in [0.2, 0.25) is 0 Å². The molecule has 4 nitrogen and oxygen atoms in total. The maximum absolute atomic E-state index is 14.0. The molecule has 0 fully saturated rings. The summed E-state index contributed by atoms with van der Waals surface area (Å²) in [4.78, 5) is 12.8. The lowest BCUT2D eigenvalue weighted by atomic mass is 10.1. The smallest absolute Gasteiger partial charge is 0.261 e. The number of aliphatic hydroxyl groups excluding tert-OH is 1. The third-order valence-corrected chi connectivity index (χ3v) is 4.57. The van der Waals surface area contributed by atoms with Crippen LogP contribution in [0.4, 0.5) is 4.39 Å². The number of amides is 1. The lowest BCUT2D eigenvalue weighted by Crippen LogP contribution is -2.32. The number of carbonyl (C=O) groups excluding carboxylic acids is 1. The van der Waals surface area contributed by atoms with E-state index >= 15 is 0 Å². The molecule has 120 valence electrons. The summed E-state index contributed by atoms with van der Waals surface area (Å²) in [6.45, 7) is 2.33. The fourth-order valence-electron chi connectivity index (χ4n) is 2.36. The van der Waals surface area contributed by atoms with Gasteiger partial charge in [-0.3, -0.25) is 4.79 Å². The summed E-state index contributed by atoms with van der Waals surface area (Å²) in [7, 11) is 1.51. The van der Waals surface area contributed by atoms with Crippen LogP contribution in [0.25, 0.3) is 10.1 Å². The Morgan fingerprint density at radius 1 is 1.50 bits per heavy atom. The molecule has 1 aromatic carbocycles. The second-order valence-electron chi connectivity index (χ2n) is 5.11. The van der Waals surface area contributed by atoms with Crippen molar-refractivity contribution < 1.29 is 19.0 Å². The van der Waals surface area contributed by atoms with E-state index in [0.29, 0.717) is 26.9 Å². The van der Waals surface area contributed by atoms with Crippen molar-refractivity contribution in [3.05, 3.63) is 34.5 Å². The van der Waals surface area contributed by atoms with Crippen LogP contribution in [0.3, 0.4) is 0 Å². The first-order valence-electron chi connectivity index (χ1n) is 7.23. The van der Waals surface area contributed by atoms with Crippen molar-refractivity contribution in [1.29, 1.82) is 0 Å². The molecule has 0 saturated heterocycles. The van der Waals surface area contributed by atoms with E-state index < -0.39 is 6.10 Å². The maximum Gasteiger partial charge on any atom is 0.261 e. The number of benzene rings is 1. The first kappa shape index (κ1) is 16.9. The van der Waals surface area contributed by atoms with Crippen molar-refractivity contribution in [2.75, 3.05) is 13.7 Å². The van der Waals surface area contributed by atoms with Crippen molar-refractivity contribution in [2.45, 2.75) is 32.5 Å². The zero-order valence-electron chi connectivity index (χ0n) is 12.7. The molecule has 0 aliphatic carbocycles. The molecule has 0 aliphatic rings. The first-order valence-corrected chi connectivity index (χ1v) is 8.05. The maximum atomic E-state index is 14.0. The lowest BCUT2D eigenvalue weighted by molar-refractivity contribution is 0.0910. The molecular formula is C16H20FNO3S. The summed E-state index contributed by atoms with van der Waals surface area (Å²) in [5.74, 6) is -0.659. The number of ether oxygens (including phenoxy) is 1. The van der Waals surface area contributed by atoms with Gasteiger partial charge in [0.25, 0.3) is 5.91 Å². The van der Waals surface area contributed by atoms with Gasteiger partial charge in [0.05, 0.1) is 17.6 Å². The molecule has 1 amide bonds. The van der Waals surface area contributed by atoms with E-state index in [1.807, 2.05) is 6.92 Å². The van der Waals surface area contributed by atoms with Gasteiger partial charge in [0.1, 0.15) is 5.82 Å². The predicted octanol–water partition coefficient (Wildman–Crippen LogP) is 3.08. The molecule has 22 heavy (non-hydrogen) atoms. The first-order chi connectivity index (χ1) is 10.6. The minimum atomic E-state index is -0.564. The zero-order valence-corrected chi connectivity index (χ0v) is 13.5.